The Bertz CT molecular complexity index is 315. The van der Waals surface area contributed by atoms with Crippen LogP contribution < -0.4 is 5.32 Å². The van der Waals surface area contributed by atoms with Crippen LogP contribution in [0, 0.1) is 5.92 Å². The summed E-state index contributed by atoms with van der Waals surface area (Å²) in [6, 6.07) is 0. The Balaban J connectivity index is 2.24. The Labute approximate surface area is 82.3 Å². The molecule has 0 aromatic heterocycles. The number of nitrogens with one attached hydrogen (secondary N) is 1. The Morgan fingerprint density at radius 1 is 1.50 bits per heavy atom. The molecule has 1 saturated carbocycles. The number of carbonyl (C=O) groups excluding carboxylic acids is 2. The van der Waals surface area contributed by atoms with E-state index in [4.69, 9.17) is 4.74 Å². The highest BCUT2D eigenvalue weighted by atomic mass is 16.5. The zero-order valence-corrected chi connectivity index (χ0v) is 8.13. The van der Waals surface area contributed by atoms with E-state index in [1.807, 2.05) is 0 Å². The van der Waals surface area contributed by atoms with Crippen molar-refractivity contribution in [3.63, 3.8) is 0 Å². The van der Waals surface area contributed by atoms with Gasteiger partial charge in [-0.2, -0.15) is 0 Å². The Morgan fingerprint density at radius 2 is 2.21 bits per heavy atom. The molecule has 1 saturated heterocycles. The van der Waals surface area contributed by atoms with Crippen LogP contribution in [0.25, 0.3) is 0 Å². The van der Waals surface area contributed by atoms with Gasteiger partial charge in [-0.1, -0.05) is 0 Å². The fraction of sp³-hybridized carbons (Fsp3) is 0.600. The highest BCUT2D eigenvalue weighted by Gasteiger charge is 2.34. The zero-order valence-electron chi connectivity index (χ0n) is 8.13. The van der Waals surface area contributed by atoms with Gasteiger partial charge in [-0.25, -0.2) is 0 Å². The lowest BCUT2D eigenvalue weighted by molar-refractivity contribution is -0.124. The predicted molar refractivity (Wildman–Crippen MR) is 49.4 cm³/mol. The van der Waals surface area contributed by atoms with E-state index >= 15 is 0 Å². The van der Waals surface area contributed by atoms with Gasteiger partial charge in [0.1, 0.15) is 0 Å². The fourth-order valence-electron chi connectivity index (χ4n) is 1.79. The maximum atomic E-state index is 11.4. The molecule has 0 radical (unpaired) electrons. The summed E-state index contributed by atoms with van der Waals surface area (Å²) >= 11 is 0. The second-order valence-corrected chi connectivity index (χ2v) is 3.77. The monoisotopic (exact) mass is 195 g/mol. The van der Waals surface area contributed by atoms with E-state index in [1.165, 1.54) is 0 Å². The Morgan fingerprint density at radius 3 is 2.64 bits per heavy atom. The summed E-state index contributed by atoms with van der Waals surface area (Å²) in [5, 5.41) is 2.30. The second kappa shape index (κ2) is 3.53. The van der Waals surface area contributed by atoms with Crippen molar-refractivity contribution in [3.05, 3.63) is 11.1 Å². The lowest BCUT2D eigenvalue weighted by Crippen LogP contribution is -2.20. The summed E-state index contributed by atoms with van der Waals surface area (Å²) in [6.45, 7) is 0.473. The van der Waals surface area contributed by atoms with Gasteiger partial charge in [-0.05, 0) is 24.3 Å². The Kier molecular flexibility index (Phi) is 2.37. The molecule has 2 aliphatic rings. The van der Waals surface area contributed by atoms with Crippen LogP contribution in [0.1, 0.15) is 19.3 Å². The summed E-state index contributed by atoms with van der Waals surface area (Å²) in [5.74, 6) is 0.0507. The summed E-state index contributed by atoms with van der Waals surface area (Å²) in [5.41, 5.74) is 1.66. The van der Waals surface area contributed by atoms with Gasteiger partial charge < -0.3 is 4.74 Å². The third kappa shape index (κ3) is 1.70. The van der Waals surface area contributed by atoms with Crippen LogP contribution in [-0.4, -0.2) is 25.5 Å². The first-order chi connectivity index (χ1) is 6.72. The number of ether oxygens (including phenoxy) is 1. The van der Waals surface area contributed by atoms with Gasteiger partial charge >= 0.3 is 0 Å². The minimum atomic E-state index is -0.228. The van der Waals surface area contributed by atoms with Crippen molar-refractivity contribution >= 4 is 11.8 Å². The van der Waals surface area contributed by atoms with Crippen molar-refractivity contribution in [1.29, 1.82) is 0 Å². The number of imide groups is 1. The third-order valence-corrected chi connectivity index (χ3v) is 2.62. The summed E-state index contributed by atoms with van der Waals surface area (Å²) in [7, 11) is 1.61. The first kappa shape index (κ1) is 9.40. The topological polar surface area (TPSA) is 55.4 Å². The fourth-order valence-corrected chi connectivity index (χ4v) is 1.79. The lowest BCUT2D eigenvalue weighted by atomic mass is 10.0. The number of hydrogen-bond acceptors (Lipinski definition) is 3. The number of hydrogen-bond donors (Lipinski definition) is 1. The minimum Gasteiger partial charge on any atom is -0.380 e. The van der Waals surface area contributed by atoms with Crippen LogP contribution in [0.5, 0.6) is 0 Å². The normalized spacial score (nSPS) is 25.2. The highest BCUT2D eigenvalue weighted by molar-refractivity contribution is 6.13. The molecule has 76 valence electrons. The van der Waals surface area contributed by atoms with E-state index in [1.54, 1.807) is 7.11 Å². The number of methoxy groups -OCH3 is 1. The van der Waals surface area contributed by atoms with Gasteiger partial charge in [-0.15, -0.1) is 0 Å². The zero-order chi connectivity index (χ0) is 10.1. The molecule has 0 aromatic carbocycles. The molecule has 1 aliphatic heterocycles. The molecule has 0 unspecified atom stereocenters. The smallest absolute Gasteiger partial charge is 0.254 e. The molecule has 14 heavy (non-hydrogen) atoms. The summed E-state index contributed by atoms with van der Waals surface area (Å²) < 4.78 is 5.05. The molecular weight excluding hydrogens is 182 g/mol. The van der Waals surface area contributed by atoms with Crippen molar-refractivity contribution in [2.75, 3.05) is 13.7 Å². The maximum Gasteiger partial charge on any atom is 0.254 e. The second-order valence-electron chi connectivity index (χ2n) is 3.77. The molecule has 1 heterocycles. The van der Waals surface area contributed by atoms with Crippen LogP contribution in [0.4, 0.5) is 0 Å². The predicted octanol–water partition coefficient (Wildman–Crippen LogP) is 0.386. The average molecular weight is 195 g/mol. The first-order valence-electron chi connectivity index (χ1n) is 4.77. The SMILES string of the molecule is COCC(=C1CC(=O)NC1=O)C1CC1. The van der Waals surface area contributed by atoms with E-state index < -0.39 is 0 Å². The van der Waals surface area contributed by atoms with Crippen molar-refractivity contribution in [2.45, 2.75) is 19.3 Å². The van der Waals surface area contributed by atoms with E-state index in [9.17, 15) is 9.59 Å². The lowest BCUT2D eigenvalue weighted by Gasteiger charge is -2.06. The first-order valence-corrected chi connectivity index (χ1v) is 4.77. The van der Waals surface area contributed by atoms with Gasteiger partial charge in [0, 0.05) is 12.7 Å². The minimum absolute atomic E-state index is 0.195. The van der Waals surface area contributed by atoms with Gasteiger partial charge in [0.05, 0.1) is 13.0 Å². The molecule has 4 heteroatoms. The van der Waals surface area contributed by atoms with Crippen molar-refractivity contribution < 1.29 is 14.3 Å². The number of amides is 2. The largest absolute Gasteiger partial charge is 0.380 e. The van der Waals surface area contributed by atoms with Gasteiger partial charge in [-0.3, -0.25) is 14.9 Å². The van der Waals surface area contributed by atoms with E-state index in [-0.39, 0.29) is 18.2 Å². The van der Waals surface area contributed by atoms with Crippen LogP contribution >= 0.6 is 0 Å². The molecule has 4 nitrogen and oxygen atoms in total. The average Bonchev–Trinajstić information content (AvgIpc) is 2.89. The van der Waals surface area contributed by atoms with Crippen LogP contribution in [0.3, 0.4) is 0 Å². The van der Waals surface area contributed by atoms with Crippen LogP contribution in [0.2, 0.25) is 0 Å². The molecule has 2 amide bonds. The molecule has 0 bridgehead atoms. The standard InChI is InChI=1S/C10H13NO3/c1-14-5-8(6-2-3-6)7-4-9(12)11-10(7)13/h6H,2-5H2,1H3,(H,11,12,13). The highest BCUT2D eigenvalue weighted by Crippen LogP contribution is 2.39. The maximum absolute atomic E-state index is 11.4. The van der Waals surface area contributed by atoms with Gasteiger partial charge in [0.25, 0.3) is 5.91 Å². The molecule has 0 spiro atoms. The number of rotatable bonds is 3. The third-order valence-electron chi connectivity index (χ3n) is 2.62. The Hall–Kier alpha value is -1.16. The summed E-state index contributed by atoms with van der Waals surface area (Å²) in [4.78, 5) is 22.4. The summed E-state index contributed by atoms with van der Waals surface area (Å²) in [6.07, 6.45) is 2.46. The van der Waals surface area contributed by atoms with E-state index in [2.05, 4.69) is 5.32 Å². The van der Waals surface area contributed by atoms with Gasteiger partial charge in [0.2, 0.25) is 5.91 Å². The molecule has 0 atom stereocenters. The molecule has 1 aliphatic carbocycles. The van der Waals surface area contributed by atoms with Crippen molar-refractivity contribution in [2.24, 2.45) is 5.92 Å². The molecule has 1 N–H and O–H groups in total. The molecular formula is C10H13NO3. The van der Waals surface area contributed by atoms with Crippen LogP contribution in [0.15, 0.2) is 11.1 Å². The molecule has 2 fully saturated rings. The van der Waals surface area contributed by atoms with Crippen molar-refractivity contribution in [3.8, 4) is 0 Å². The van der Waals surface area contributed by atoms with E-state index in [0.717, 1.165) is 18.4 Å². The van der Waals surface area contributed by atoms with E-state index in [0.29, 0.717) is 18.1 Å². The van der Waals surface area contributed by atoms with Crippen molar-refractivity contribution in [1.82, 2.24) is 5.32 Å². The van der Waals surface area contributed by atoms with Crippen LogP contribution in [-0.2, 0) is 14.3 Å². The quantitative estimate of drug-likeness (QED) is 0.523. The number of carbonyl (C=O) groups is 2. The van der Waals surface area contributed by atoms with Gasteiger partial charge in [0.15, 0.2) is 0 Å². The molecule has 0 aromatic rings. The molecule has 2 rings (SSSR count).